The molecule has 1 heterocycles. The van der Waals surface area contributed by atoms with Gasteiger partial charge in [-0.3, -0.25) is 15.1 Å². The van der Waals surface area contributed by atoms with Crippen LogP contribution in [0.2, 0.25) is 5.02 Å². The number of benzene rings is 2. The highest BCUT2D eigenvalue weighted by atomic mass is 35.5. The molecule has 6 nitrogen and oxygen atoms in total. The van der Waals surface area contributed by atoms with E-state index in [1.165, 1.54) is 35.2 Å². The number of guanidine groups is 1. The largest absolute Gasteiger partial charge is 0.417 e. The Morgan fingerprint density at radius 3 is 2.42 bits per heavy atom. The molecule has 1 atom stereocenters. The lowest BCUT2D eigenvalue weighted by Crippen LogP contribution is -2.66. The first-order chi connectivity index (χ1) is 14.5. The Hall–Kier alpha value is -2.85. The monoisotopic (exact) mass is 458 g/mol. The Balaban J connectivity index is 2.02. The Kier molecular flexibility index (Phi) is 6.42. The summed E-state index contributed by atoms with van der Waals surface area (Å²) in [4.78, 5) is 19.0. The third kappa shape index (κ3) is 5.08. The van der Waals surface area contributed by atoms with Crippen LogP contribution in [0.1, 0.15) is 25.0 Å². The molecule has 1 saturated heterocycles. The first-order valence-electron chi connectivity index (χ1n) is 9.21. The van der Waals surface area contributed by atoms with Gasteiger partial charge in [0.25, 0.3) is 0 Å². The summed E-state index contributed by atoms with van der Waals surface area (Å²) in [5, 5.41) is 12.8. The molecule has 2 aromatic carbocycles. The van der Waals surface area contributed by atoms with Gasteiger partial charge < -0.3 is 5.11 Å². The molecule has 0 spiro atoms. The smallest absolute Gasteiger partial charge is 0.356 e. The fraction of sp³-hybridized carbons (Fsp3) is 0.300. The van der Waals surface area contributed by atoms with Crippen LogP contribution in [0, 0.1) is 5.82 Å². The van der Waals surface area contributed by atoms with E-state index < -0.39 is 35.0 Å². The first-order valence-corrected chi connectivity index (χ1v) is 9.59. The minimum absolute atomic E-state index is 0.00347. The molecule has 2 amide bonds. The number of hydrogen-bond donors (Lipinski definition) is 2. The van der Waals surface area contributed by atoms with Crippen LogP contribution >= 0.6 is 11.6 Å². The van der Waals surface area contributed by atoms with Gasteiger partial charge in [-0.2, -0.15) is 13.2 Å². The number of nitrogens with one attached hydrogen (secondary N) is 1. The van der Waals surface area contributed by atoms with Gasteiger partial charge >= 0.3 is 12.2 Å². The highest BCUT2D eigenvalue weighted by molar-refractivity contribution is 6.31. The number of aliphatic imine (C=N–C) groups is 1. The summed E-state index contributed by atoms with van der Waals surface area (Å²) in [5.74, 6) is -0.607. The van der Waals surface area contributed by atoms with Crippen LogP contribution < -0.4 is 5.32 Å². The number of amides is 2. The number of aliphatic hydroxyl groups is 1. The SMILES string of the molecule is CC(C)N1C(=O)NC(=Nc2ccc(Cl)c(C(F)(F)F)c2)N(Cc2ccc(F)cc2)C1O. The van der Waals surface area contributed by atoms with E-state index in [4.69, 9.17) is 11.6 Å². The summed E-state index contributed by atoms with van der Waals surface area (Å²) in [6.07, 6.45) is -6.14. The van der Waals surface area contributed by atoms with E-state index in [9.17, 15) is 27.5 Å². The molecule has 1 unspecified atom stereocenters. The van der Waals surface area contributed by atoms with Crippen LogP contribution in [-0.2, 0) is 12.7 Å². The van der Waals surface area contributed by atoms with Crippen LogP contribution in [0.15, 0.2) is 47.5 Å². The standard InChI is InChI=1S/C20H19ClF4N4O2/c1-11(2)29-18(30)27-17(26-14-7-8-16(21)15(9-14)20(23,24)25)28(19(29)31)10-12-3-5-13(22)6-4-12/h3-9,11,19,31H,10H2,1-2H3,(H,26,27,30). The lowest BCUT2D eigenvalue weighted by atomic mass is 10.2. The number of hydrogen-bond acceptors (Lipinski definition) is 3. The Morgan fingerprint density at radius 1 is 1.19 bits per heavy atom. The number of nitrogens with zero attached hydrogens (tertiary/aromatic N) is 3. The normalized spacial score (nSPS) is 18.7. The quantitative estimate of drug-likeness (QED) is 0.653. The molecule has 31 heavy (non-hydrogen) atoms. The maximum absolute atomic E-state index is 13.2. The number of carbonyl (C=O) groups excluding carboxylic acids is 1. The second-order valence-electron chi connectivity index (χ2n) is 7.13. The van der Waals surface area contributed by atoms with Crippen molar-refractivity contribution in [2.24, 2.45) is 4.99 Å². The third-order valence-electron chi connectivity index (χ3n) is 4.57. The lowest BCUT2D eigenvalue weighted by Gasteiger charge is -2.44. The molecule has 2 N–H and O–H groups in total. The summed E-state index contributed by atoms with van der Waals surface area (Å²) in [7, 11) is 0. The van der Waals surface area contributed by atoms with E-state index in [-0.39, 0.29) is 24.2 Å². The van der Waals surface area contributed by atoms with Crippen LogP contribution in [0.5, 0.6) is 0 Å². The Bertz CT molecular complexity index is 996. The van der Waals surface area contributed by atoms with Gasteiger partial charge in [0.2, 0.25) is 12.3 Å². The zero-order valence-electron chi connectivity index (χ0n) is 16.5. The molecule has 166 valence electrons. The zero-order valence-corrected chi connectivity index (χ0v) is 17.2. The molecule has 0 radical (unpaired) electrons. The van der Waals surface area contributed by atoms with Gasteiger partial charge in [0.05, 0.1) is 22.8 Å². The fourth-order valence-corrected chi connectivity index (χ4v) is 3.28. The summed E-state index contributed by atoms with van der Waals surface area (Å²) < 4.78 is 52.8. The number of halogens is 5. The van der Waals surface area contributed by atoms with E-state index in [1.807, 2.05) is 0 Å². The lowest BCUT2D eigenvalue weighted by molar-refractivity contribution is -0.137. The summed E-state index contributed by atoms with van der Waals surface area (Å²) in [6.45, 7) is 3.38. The molecule has 0 aromatic heterocycles. The molecule has 1 aliphatic heterocycles. The highest BCUT2D eigenvalue weighted by Crippen LogP contribution is 2.37. The average molecular weight is 459 g/mol. The maximum atomic E-state index is 13.2. The summed E-state index contributed by atoms with van der Waals surface area (Å²) >= 11 is 5.65. The molecule has 0 bridgehead atoms. The van der Waals surface area contributed by atoms with Gasteiger partial charge in [0, 0.05) is 6.04 Å². The van der Waals surface area contributed by atoms with Gasteiger partial charge in [-0.05, 0) is 49.7 Å². The Labute approximate surface area is 180 Å². The van der Waals surface area contributed by atoms with Gasteiger partial charge in [0.1, 0.15) is 5.82 Å². The second kappa shape index (κ2) is 8.72. The van der Waals surface area contributed by atoms with Crippen molar-refractivity contribution < 1.29 is 27.5 Å². The topological polar surface area (TPSA) is 68.2 Å². The van der Waals surface area contributed by atoms with Crippen LogP contribution in [0.25, 0.3) is 0 Å². The Morgan fingerprint density at radius 2 is 1.84 bits per heavy atom. The van der Waals surface area contributed by atoms with Gasteiger partial charge in [-0.25, -0.2) is 14.2 Å². The van der Waals surface area contributed by atoms with Crippen molar-refractivity contribution in [1.82, 2.24) is 15.1 Å². The third-order valence-corrected chi connectivity index (χ3v) is 4.90. The van der Waals surface area contributed by atoms with Crippen molar-refractivity contribution in [3.05, 3.63) is 64.4 Å². The average Bonchev–Trinajstić information content (AvgIpc) is 2.66. The van der Waals surface area contributed by atoms with Gasteiger partial charge in [0.15, 0.2) is 0 Å². The van der Waals surface area contributed by atoms with Crippen LogP contribution in [0.3, 0.4) is 0 Å². The van der Waals surface area contributed by atoms with E-state index in [0.29, 0.717) is 5.56 Å². The van der Waals surface area contributed by atoms with E-state index in [2.05, 4.69) is 10.3 Å². The summed E-state index contributed by atoms with van der Waals surface area (Å²) in [6, 6.07) is 7.44. The molecule has 0 aliphatic carbocycles. The number of rotatable bonds is 4. The molecular weight excluding hydrogens is 440 g/mol. The predicted molar refractivity (Wildman–Crippen MR) is 107 cm³/mol. The van der Waals surface area contributed by atoms with Crippen LogP contribution in [-0.4, -0.2) is 39.3 Å². The van der Waals surface area contributed by atoms with Crippen molar-refractivity contribution in [3.63, 3.8) is 0 Å². The number of aliphatic hydroxyl groups excluding tert-OH is 1. The molecule has 11 heteroatoms. The number of urea groups is 1. The van der Waals surface area contributed by atoms with Gasteiger partial charge in [-0.15, -0.1) is 0 Å². The summed E-state index contributed by atoms with van der Waals surface area (Å²) in [5.41, 5.74) is -0.617. The zero-order chi connectivity index (χ0) is 22.9. The minimum Gasteiger partial charge on any atom is -0.356 e. The second-order valence-corrected chi connectivity index (χ2v) is 7.54. The minimum atomic E-state index is -4.69. The number of alkyl halides is 3. The van der Waals surface area contributed by atoms with Crippen molar-refractivity contribution in [2.75, 3.05) is 0 Å². The molecule has 1 fully saturated rings. The first kappa shape index (κ1) is 22.8. The van der Waals surface area contributed by atoms with E-state index in [0.717, 1.165) is 17.0 Å². The van der Waals surface area contributed by atoms with Crippen molar-refractivity contribution >= 4 is 29.3 Å². The van der Waals surface area contributed by atoms with Crippen molar-refractivity contribution in [2.45, 2.75) is 39.0 Å². The van der Waals surface area contributed by atoms with Crippen molar-refractivity contribution in [3.8, 4) is 0 Å². The van der Waals surface area contributed by atoms with E-state index in [1.54, 1.807) is 13.8 Å². The number of carbonyl (C=O) groups is 1. The van der Waals surface area contributed by atoms with Crippen LogP contribution in [0.4, 0.5) is 28.0 Å². The molecular formula is C20H19ClF4N4O2. The van der Waals surface area contributed by atoms with Gasteiger partial charge in [-0.1, -0.05) is 23.7 Å². The predicted octanol–water partition coefficient (Wildman–Crippen LogP) is 4.70. The van der Waals surface area contributed by atoms with Crippen molar-refractivity contribution in [1.29, 1.82) is 0 Å². The van der Waals surface area contributed by atoms with E-state index >= 15 is 0 Å². The maximum Gasteiger partial charge on any atom is 0.417 e. The molecule has 3 rings (SSSR count). The molecule has 2 aromatic rings. The molecule has 0 saturated carbocycles. The fourth-order valence-electron chi connectivity index (χ4n) is 3.06. The molecule has 1 aliphatic rings. The highest BCUT2D eigenvalue weighted by Gasteiger charge is 2.38.